The molecular weight excluding hydrogens is 362 g/mol. The van der Waals surface area contributed by atoms with Gasteiger partial charge in [0.1, 0.15) is 0 Å². The van der Waals surface area contributed by atoms with Crippen LogP contribution in [0.15, 0.2) is 60.7 Å². The monoisotopic (exact) mass is 391 g/mol. The Morgan fingerprint density at radius 3 is 1.90 bits per heavy atom. The molecule has 2 fully saturated rings. The molecule has 2 aliphatic rings. The fraction of sp³-hybridized carbons (Fsp3) is 0.417. The number of para-hydroxylation sites is 2. The van der Waals surface area contributed by atoms with Crippen molar-refractivity contribution in [3.8, 4) is 0 Å². The van der Waals surface area contributed by atoms with Crippen LogP contribution < -0.4 is 10.2 Å². The maximum atomic E-state index is 13.0. The maximum absolute atomic E-state index is 13.0. The summed E-state index contributed by atoms with van der Waals surface area (Å²) in [4.78, 5) is 29.8. The Kier molecular flexibility index (Phi) is 6.13. The van der Waals surface area contributed by atoms with Crippen molar-refractivity contribution >= 4 is 23.2 Å². The number of benzene rings is 2. The number of carbonyl (C=O) groups excluding carboxylic acids is 2. The van der Waals surface area contributed by atoms with Gasteiger partial charge in [-0.3, -0.25) is 9.59 Å². The minimum Gasteiger partial charge on any atom is -0.368 e. The smallest absolute Gasteiger partial charge is 0.227 e. The van der Waals surface area contributed by atoms with Gasteiger partial charge in [0.15, 0.2) is 0 Å². The maximum Gasteiger partial charge on any atom is 0.227 e. The van der Waals surface area contributed by atoms with Gasteiger partial charge in [-0.2, -0.15) is 0 Å². The van der Waals surface area contributed by atoms with Crippen molar-refractivity contribution in [3.05, 3.63) is 60.7 Å². The van der Waals surface area contributed by atoms with E-state index >= 15 is 0 Å². The Morgan fingerprint density at radius 1 is 0.724 bits per heavy atom. The van der Waals surface area contributed by atoms with E-state index in [2.05, 4.69) is 34.5 Å². The van der Waals surface area contributed by atoms with Crippen LogP contribution in [0.25, 0.3) is 0 Å². The van der Waals surface area contributed by atoms with E-state index in [9.17, 15) is 9.59 Å². The van der Waals surface area contributed by atoms with Gasteiger partial charge in [0.2, 0.25) is 11.8 Å². The summed E-state index contributed by atoms with van der Waals surface area (Å²) in [6.07, 6.45) is 3.20. The first-order valence-electron chi connectivity index (χ1n) is 10.7. The number of hydrogen-bond donors (Lipinski definition) is 1. The zero-order valence-corrected chi connectivity index (χ0v) is 16.8. The van der Waals surface area contributed by atoms with Gasteiger partial charge in [-0.15, -0.1) is 0 Å². The standard InChI is InChI=1S/C24H29N3O2/c28-23(25-21-7-3-1-4-8-21)19-11-13-20(14-12-19)24(29)27-17-15-26(16-18-27)22-9-5-2-6-10-22/h1-10,19-20H,11-18H2,(H,25,28). The molecule has 29 heavy (non-hydrogen) atoms. The summed E-state index contributed by atoms with van der Waals surface area (Å²) in [7, 11) is 0. The molecule has 1 heterocycles. The molecule has 1 N–H and O–H groups in total. The van der Waals surface area contributed by atoms with E-state index in [0.29, 0.717) is 0 Å². The number of nitrogens with one attached hydrogen (secondary N) is 1. The molecule has 0 aromatic heterocycles. The first kappa shape index (κ1) is 19.5. The first-order chi connectivity index (χ1) is 14.2. The molecule has 1 aliphatic heterocycles. The molecule has 0 atom stereocenters. The highest BCUT2D eigenvalue weighted by Crippen LogP contribution is 2.31. The molecule has 0 bridgehead atoms. The highest BCUT2D eigenvalue weighted by Gasteiger charge is 2.33. The van der Waals surface area contributed by atoms with Crippen LogP contribution in [-0.4, -0.2) is 42.9 Å². The van der Waals surface area contributed by atoms with Crippen molar-refractivity contribution in [2.45, 2.75) is 25.7 Å². The number of piperazine rings is 1. The fourth-order valence-corrected chi connectivity index (χ4v) is 4.45. The van der Waals surface area contributed by atoms with Crippen LogP contribution in [0.3, 0.4) is 0 Å². The van der Waals surface area contributed by atoms with E-state index in [1.165, 1.54) is 5.69 Å². The molecule has 2 aromatic carbocycles. The molecule has 5 nitrogen and oxygen atoms in total. The molecule has 1 saturated heterocycles. The Balaban J connectivity index is 1.24. The quantitative estimate of drug-likeness (QED) is 0.863. The van der Waals surface area contributed by atoms with Crippen LogP contribution in [0.5, 0.6) is 0 Å². The summed E-state index contributed by atoms with van der Waals surface area (Å²) in [6.45, 7) is 3.32. The largest absolute Gasteiger partial charge is 0.368 e. The van der Waals surface area contributed by atoms with Gasteiger partial charge in [-0.05, 0) is 49.9 Å². The van der Waals surface area contributed by atoms with E-state index < -0.39 is 0 Å². The zero-order chi connectivity index (χ0) is 20.1. The molecule has 152 valence electrons. The average molecular weight is 392 g/mol. The summed E-state index contributed by atoms with van der Waals surface area (Å²) >= 11 is 0. The van der Waals surface area contributed by atoms with E-state index in [4.69, 9.17) is 0 Å². The second-order valence-corrected chi connectivity index (χ2v) is 8.05. The third kappa shape index (κ3) is 4.78. The third-order valence-electron chi connectivity index (χ3n) is 6.20. The third-order valence-corrected chi connectivity index (χ3v) is 6.20. The Bertz CT molecular complexity index is 809. The number of nitrogens with zero attached hydrogens (tertiary/aromatic N) is 2. The van der Waals surface area contributed by atoms with Crippen molar-refractivity contribution in [1.82, 2.24) is 4.90 Å². The summed E-state index contributed by atoms with van der Waals surface area (Å²) in [5.74, 6) is 0.437. The summed E-state index contributed by atoms with van der Waals surface area (Å²) in [5.41, 5.74) is 2.07. The summed E-state index contributed by atoms with van der Waals surface area (Å²) in [5, 5.41) is 3.00. The van der Waals surface area contributed by atoms with Gasteiger partial charge < -0.3 is 15.1 Å². The SMILES string of the molecule is O=C(Nc1ccccc1)C1CCC(C(=O)N2CCN(c3ccccc3)CC2)CC1. The van der Waals surface area contributed by atoms with Gasteiger partial charge >= 0.3 is 0 Å². The van der Waals surface area contributed by atoms with Gasteiger partial charge in [-0.25, -0.2) is 0 Å². The van der Waals surface area contributed by atoms with Crippen molar-refractivity contribution in [2.24, 2.45) is 11.8 Å². The molecule has 0 radical (unpaired) electrons. The van der Waals surface area contributed by atoms with E-state index in [0.717, 1.165) is 57.5 Å². The van der Waals surface area contributed by atoms with Gasteiger partial charge in [-0.1, -0.05) is 36.4 Å². The van der Waals surface area contributed by atoms with Crippen molar-refractivity contribution in [2.75, 3.05) is 36.4 Å². The molecule has 5 heteroatoms. The van der Waals surface area contributed by atoms with E-state index in [1.807, 2.05) is 41.3 Å². The van der Waals surface area contributed by atoms with Gasteiger partial charge in [0.25, 0.3) is 0 Å². The van der Waals surface area contributed by atoms with E-state index in [1.54, 1.807) is 0 Å². The van der Waals surface area contributed by atoms with Crippen LogP contribution in [0.2, 0.25) is 0 Å². The number of hydrogen-bond acceptors (Lipinski definition) is 3. The van der Waals surface area contributed by atoms with Gasteiger partial charge in [0, 0.05) is 49.4 Å². The number of rotatable bonds is 4. The number of carbonyl (C=O) groups is 2. The minimum absolute atomic E-state index is 0.00850. The molecule has 0 spiro atoms. The lowest BCUT2D eigenvalue weighted by molar-refractivity contribution is -0.138. The second-order valence-electron chi connectivity index (χ2n) is 8.05. The van der Waals surface area contributed by atoms with Crippen LogP contribution in [0.1, 0.15) is 25.7 Å². The van der Waals surface area contributed by atoms with Crippen molar-refractivity contribution in [1.29, 1.82) is 0 Å². The van der Waals surface area contributed by atoms with Crippen molar-refractivity contribution < 1.29 is 9.59 Å². The Hall–Kier alpha value is -2.82. The van der Waals surface area contributed by atoms with Gasteiger partial charge in [0.05, 0.1) is 0 Å². The van der Waals surface area contributed by atoms with Crippen LogP contribution >= 0.6 is 0 Å². The van der Waals surface area contributed by atoms with Crippen LogP contribution in [0, 0.1) is 11.8 Å². The van der Waals surface area contributed by atoms with Crippen LogP contribution in [-0.2, 0) is 9.59 Å². The minimum atomic E-state index is 0.00850. The highest BCUT2D eigenvalue weighted by atomic mass is 16.2. The number of amides is 2. The second kappa shape index (κ2) is 9.12. The molecule has 0 unspecified atom stereocenters. The first-order valence-corrected chi connectivity index (χ1v) is 10.7. The lowest BCUT2D eigenvalue weighted by atomic mass is 9.80. The zero-order valence-electron chi connectivity index (χ0n) is 16.8. The Morgan fingerprint density at radius 2 is 1.28 bits per heavy atom. The van der Waals surface area contributed by atoms with Crippen molar-refractivity contribution in [3.63, 3.8) is 0 Å². The topological polar surface area (TPSA) is 52.7 Å². The summed E-state index contributed by atoms with van der Waals surface area (Å²) in [6, 6.07) is 20.0. The number of anilines is 2. The average Bonchev–Trinajstić information content (AvgIpc) is 2.80. The van der Waals surface area contributed by atoms with E-state index in [-0.39, 0.29) is 23.7 Å². The summed E-state index contributed by atoms with van der Waals surface area (Å²) < 4.78 is 0. The fourth-order valence-electron chi connectivity index (χ4n) is 4.45. The molecular formula is C24H29N3O2. The lowest BCUT2D eigenvalue weighted by Gasteiger charge is -2.38. The molecule has 1 aliphatic carbocycles. The molecule has 2 aromatic rings. The highest BCUT2D eigenvalue weighted by molar-refractivity contribution is 5.92. The molecule has 4 rings (SSSR count). The lowest BCUT2D eigenvalue weighted by Crippen LogP contribution is -2.50. The molecule has 1 saturated carbocycles. The predicted molar refractivity (Wildman–Crippen MR) is 116 cm³/mol. The normalized spacial score (nSPS) is 22.2. The Labute approximate surface area is 172 Å². The molecule has 2 amide bonds. The predicted octanol–water partition coefficient (Wildman–Crippen LogP) is 3.78. The van der Waals surface area contributed by atoms with Crippen LogP contribution in [0.4, 0.5) is 11.4 Å².